The van der Waals surface area contributed by atoms with Crippen molar-refractivity contribution < 1.29 is 32.2 Å². The Balaban J connectivity index is 1.59. The number of pyridine rings is 2. The topological polar surface area (TPSA) is 91.6 Å². The molecule has 1 amide bonds. The van der Waals surface area contributed by atoms with Gasteiger partial charge in [-0.15, -0.1) is 0 Å². The van der Waals surface area contributed by atoms with E-state index in [1.165, 1.54) is 24.4 Å². The second-order valence-electron chi connectivity index (χ2n) is 9.33. The van der Waals surface area contributed by atoms with Crippen molar-refractivity contribution in [3.8, 4) is 22.9 Å². The number of hydrogen-bond donors (Lipinski definition) is 0. The molecule has 196 valence electrons. The minimum Gasteiger partial charge on any atom is -0.491 e. The van der Waals surface area contributed by atoms with Gasteiger partial charge in [0.05, 0.1) is 43.0 Å². The molecule has 1 spiro atoms. The lowest BCUT2D eigenvalue weighted by Gasteiger charge is -2.33. The molecule has 37 heavy (non-hydrogen) atoms. The van der Waals surface area contributed by atoms with Gasteiger partial charge in [0, 0.05) is 24.4 Å². The summed E-state index contributed by atoms with van der Waals surface area (Å²) in [6.07, 6.45) is 0.629. The number of nitrogens with zero attached hydrogens (tertiary/aromatic N) is 5. The van der Waals surface area contributed by atoms with Crippen molar-refractivity contribution in [1.29, 1.82) is 0 Å². The van der Waals surface area contributed by atoms with Crippen LogP contribution in [0.2, 0.25) is 0 Å². The fourth-order valence-electron chi connectivity index (χ4n) is 4.84. The maximum absolute atomic E-state index is 13.7. The molecule has 9 nitrogen and oxygen atoms in total. The van der Waals surface area contributed by atoms with E-state index in [0.717, 1.165) is 4.68 Å². The van der Waals surface area contributed by atoms with Crippen LogP contribution < -0.4 is 14.4 Å². The third kappa shape index (κ3) is 4.39. The molecule has 12 heteroatoms. The van der Waals surface area contributed by atoms with Gasteiger partial charge in [-0.25, -0.2) is 9.97 Å². The molecule has 0 aliphatic carbocycles. The SMILES string of the molecule is COc1cc(-c2cc(C)c3c(n2)C2(CCCO2)N(c2cnn(CC(F)(F)F)c2)C3=O)cnc1OC(C)C. The Hall–Kier alpha value is -3.67. The summed E-state index contributed by atoms with van der Waals surface area (Å²) in [5, 5.41) is 3.83. The summed E-state index contributed by atoms with van der Waals surface area (Å²) in [6, 6.07) is 3.53. The van der Waals surface area contributed by atoms with Crippen LogP contribution in [0.3, 0.4) is 0 Å². The summed E-state index contributed by atoms with van der Waals surface area (Å²) >= 11 is 0. The van der Waals surface area contributed by atoms with Gasteiger partial charge in [-0.05, 0) is 44.9 Å². The van der Waals surface area contributed by atoms with Crippen LogP contribution in [-0.2, 0) is 17.0 Å². The lowest BCUT2D eigenvalue weighted by molar-refractivity contribution is -0.142. The number of anilines is 1. The molecule has 0 N–H and O–H groups in total. The maximum Gasteiger partial charge on any atom is 0.408 e. The predicted octanol–water partition coefficient (Wildman–Crippen LogP) is 4.63. The first-order valence-electron chi connectivity index (χ1n) is 11.8. The molecule has 1 unspecified atom stereocenters. The van der Waals surface area contributed by atoms with Crippen LogP contribution in [0.1, 0.15) is 48.3 Å². The largest absolute Gasteiger partial charge is 0.491 e. The highest BCUT2D eigenvalue weighted by Gasteiger charge is 2.56. The Bertz CT molecular complexity index is 1350. The summed E-state index contributed by atoms with van der Waals surface area (Å²) in [4.78, 5) is 24.3. The van der Waals surface area contributed by atoms with E-state index in [-0.39, 0.29) is 11.8 Å². The number of ether oxygens (including phenoxy) is 3. The number of aryl methyl sites for hydroxylation is 1. The summed E-state index contributed by atoms with van der Waals surface area (Å²) in [6.45, 7) is 4.68. The molecule has 5 rings (SSSR count). The molecule has 3 aromatic rings. The summed E-state index contributed by atoms with van der Waals surface area (Å²) in [5.74, 6) is 0.399. The third-order valence-corrected chi connectivity index (χ3v) is 6.27. The average molecular weight is 518 g/mol. The normalized spacial score (nSPS) is 19.2. The molecule has 0 saturated carbocycles. The van der Waals surface area contributed by atoms with Crippen molar-refractivity contribution >= 4 is 11.6 Å². The van der Waals surface area contributed by atoms with Crippen LogP contribution in [0.25, 0.3) is 11.3 Å². The second-order valence-corrected chi connectivity index (χ2v) is 9.33. The van der Waals surface area contributed by atoms with Crippen LogP contribution >= 0.6 is 0 Å². The van der Waals surface area contributed by atoms with E-state index < -0.39 is 24.4 Å². The Kier molecular flexibility index (Phi) is 6.09. The summed E-state index contributed by atoms with van der Waals surface area (Å²) in [7, 11) is 1.52. The molecule has 2 aliphatic heterocycles. The fourth-order valence-corrected chi connectivity index (χ4v) is 4.84. The summed E-state index contributed by atoms with van der Waals surface area (Å²) < 4.78 is 56.8. The molecule has 3 aromatic heterocycles. The van der Waals surface area contributed by atoms with E-state index in [0.29, 0.717) is 59.2 Å². The number of rotatable bonds is 6. The number of fused-ring (bicyclic) bond motifs is 2. The van der Waals surface area contributed by atoms with Crippen LogP contribution in [0.5, 0.6) is 11.6 Å². The Morgan fingerprint density at radius 1 is 1.24 bits per heavy atom. The minimum absolute atomic E-state index is 0.0931. The smallest absolute Gasteiger partial charge is 0.408 e. The molecule has 5 heterocycles. The highest BCUT2D eigenvalue weighted by molar-refractivity contribution is 6.12. The molecular weight excluding hydrogens is 491 g/mol. The predicted molar refractivity (Wildman–Crippen MR) is 126 cm³/mol. The number of alkyl halides is 3. The van der Waals surface area contributed by atoms with Gasteiger partial charge < -0.3 is 14.2 Å². The van der Waals surface area contributed by atoms with Gasteiger partial charge in [-0.2, -0.15) is 18.3 Å². The number of hydrogen-bond acceptors (Lipinski definition) is 7. The highest BCUT2D eigenvalue weighted by atomic mass is 19.4. The van der Waals surface area contributed by atoms with E-state index in [9.17, 15) is 18.0 Å². The monoisotopic (exact) mass is 517 g/mol. The van der Waals surface area contributed by atoms with Crippen molar-refractivity contribution in [3.63, 3.8) is 0 Å². The third-order valence-electron chi connectivity index (χ3n) is 6.27. The van der Waals surface area contributed by atoms with E-state index in [2.05, 4.69) is 10.1 Å². The van der Waals surface area contributed by atoms with E-state index >= 15 is 0 Å². The first-order valence-corrected chi connectivity index (χ1v) is 11.8. The first kappa shape index (κ1) is 25.0. The van der Waals surface area contributed by atoms with Gasteiger partial charge >= 0.3 is 6.18 Å². The zero-order valence-electron chi connectivity index (χ0n) is 20.8. The molecule has 1 saturated heterocycles. The number of carbonyl (C=O) groups excluding carboxylic acids is 1. The molecule has 0 bridgehead atoms. The van der Waals surface area contributed by atoms with Gasteiger partial charge in [0.25, 0.3) is 11.8 Å². The zero-order chi connectivity index (χ0) is 26.5. The Labute approximate surface area is 211 Å². The van der Waals surface area contributed by atoms with E-state index in [1.54, 1.807) is 25.3 Å². The molecular formula is C25H26F3N5O4. The first-order chi connectivity index (χ1) is 17.5. The highest BCUT2D eigenvalue weighted by Crippen LogP contribution is 2.49. The van der Waals surface area contributed by atoms with Crippen molar-refractivity contribution in [3.05, 3.63) is 47.5 Å². The Morgan fingerprint density at radius 3 is 2.68 bits per heavy atom. The van der Waals surface area contributed by atoms with Crippen molar-refractivity contribution in [1.82, 2.24) is 19.7 Å². The number of methoxy groups -OCH3 is 1. The average Bonchev–Trinajstić information content (AvgIpc) is 3.53. The van der Waals surface area contributed by atoms with Crippen LogP contribution in [0, 0.1) is 6.92 Å². The number of carbonyl (C=O) groups is 1. The zero-order valence-corrected chi connectivity index (χ0v) is 20.8. The molecule has 0 radical (unpaired) electrons. The van der Waals surface area contributed by atoms with Gasteiger partial charge in [0.2, 0.25) is 0 Å². The van der Waals surface area contributed by atoms with E-state index in [1.807, 2.05) is 13.8 Å². The quantitative estimate of drug-likeness (QED) is 0.471. The standard InChI is InChI=1S/C25H26F3N5O4/c1-14(2)37-22-19(35-4)9-16(10-29-22)18-8-15(3)20-21(31-18)24(6-5-7-36-24)33(23(20)34)17-11-30-32(12-17)13-25(26,27)28/h8-12,14H,5-7,13H2,1-4H3. The van der Waals surface area contributed by atoms with Gasteiger partial charge in [-0.1, -0.05) is 0 Å². The van der Waals surface area contributed by atoms with Gasteiger partial charge in [0.1, 0.15) is 12.2 Å². The van der Waals surface area contributed by atoms with Crippen molar-refractivity contribution in [2.24, 2.45) is 0 Å². The Morgan fingerprint density at radius 2 is 2.03 bits per heavy atom. The maximum atomic E-state index is 13.7. The number of aromatic nitrogens is 4. The molecule has 0 aromatic carbocycles. The second kappa shape index (κ2) is 9.02. The summed E-state index contributed by atoms with van der Waals surface area (Å²) in [5.41, 5.74) is 1.63. The minimum atomic E-state index is -4.44. The van der Waals surface area contributed by atoms with Crippen LogP contribution in [0.4, 0.5) is 18.9 Å². The van der Waals surface area contributed by atoms with Crippen LogP contribution in [0.15, 0.2) is 30.7 Å². The van der Waals surface area contributed by atoms with E-state index in [4.69, 9.17) is 19.2 Å². The molecule has 1 fully saturated rings. The van der Waals surface area contributed by atoms with Crippen molar-refractivity contribution in [2.75, 3.05) is 18.6 Å². The molecule has 1 atom stereocenters. The van der Waals surface area contributed by atoms with Gasteiger partial charge in [0.15, 0.2) is 11.5 Å². The number of halogens is 3. The van der Waals surface area contributed by atoms with Crippen molar-refractivity contribution in [2.45, 2.75) is 58.2 Å². The van der Waals surface area contributed by atoms with Gasteiger partial charge in [-0.3, -0.25) is 14.4 Å². The fraction of sp³-hybridized carbons (Fsp3) is 0.440. The molecule has 2 aliphatic rings. The number of amides is 1. The van der Waals surface area contributed by atoms with Crippen LogP contribution in [-0.4, -0.2) is 51.7 Å². The lowest BCUT2D eigenvalue weighted by atomic mass is 9.99. The lowest BCUT2D eigenvalue weighted by Crippen LogP contribution is -2.43.